The highest BCUT2D eigenvalue weighted by Gasteiger charge is 2.49. The number of hydrogen-bond acceptors (Lipinski definition) is 3. The summed E-state index contributed by atoms with van der Waals surface area (Å²) in [5.41, 5.74) is 26.2. The van der Waals surface area contributed by atoms with E-state index in [1.165, 1.54) is 143 Å². The molecule has 0 radical (unpaired) electrons. The van der Waals surface area contributed by atoms with Crippen LogP contribution in [0.1, 0.15) is 84.8 Å². The molecule has 0 unspecified atom stereocenters. The molecule has 2 aliphatic carbocycles. The van der Waals surface area contributed by atoms with Crippen LogP contribution in [0.2, 0.25) is 0 Å². The van der Waals surface area contributed by atoms with E-state index in [2.05, 4.69) is 285 Å². The van der Waals surface area contributed by atoms with Crippen molar-refractivity contribution in [1.29, 1.82) is 0 Å². The second-order valence-electron chi connectivity index (χ2n) is 26.6. The molecule has 82 heavy (non-hydrogen) atoms. The van der Waals surface area contributed by atoms with Gasteiger partial charge in [-0.3, -0.25) is 0 Å². The lowest BCUT2D eigenvalue weighted by molar-refractivity contribution is 0.0900. The van der Waals surface area contributed by atoms with E-state index in [-0.39, 0.29) is 17.5 Å². The van der Waals surface area contributed by atoms with Gasteiger partial charge < -0.3 is 19.3 Å². The maximum atomic E-state index is 2.89. The van der Waals surface area contributed by atoms with Gasteiger partial charge in [0.05, 0.1) is 16.7 Å². The van der Waals surface area contributed by atoms with E-state index in [1.807, 2.05) is 0 Å². The van der Waals surface area contributed by atoms with Crippen molar-refractivity contribution in [2.75, 3.05) is 14.7 Å². The Balaban J connectivity index is 0.967. The fourth-order valence-electron chi connectivity index (χ4n) is 15.7. The van der Waals surface area contributed by atoms with Gasteiger partial charge in [-0.05, 0) is 182 Å². The normalized spacial score (nSPS) is 18.8. The Morgan fingerprint density at radius 2 is 0.768 bits per heavy atom. The molecule has 400 valence electrons. The third-order valence-electron chi connectivity index (χ3n) is 19.6. The van der Waals surface area contributed by atoms with E-state index in [9.17, 15) is 0 Å². The van der Waals surface area contributed by atoms with Crippen LogP contribution in [0.25, 0.3) is 60.9 Å². The van der Waals surface area contributed by atoms with Gasteiger partial charge >= 0.3 is 0 Å². The highest BCUT2D eigenvalue weighted by molar-refractivity contribution is 7.00. The molecule has 0 atom stereocenters. The molecule has 5 heteroatoms. The highest BCUT2D eigenvalue weighted by Crippen LogP contribution is 2.53. The molecule has 2 saturated heterocycles. The number of para-hydroxylation sites is 2. The lowest BCUT2D eigenvalue weighted by Gasteiger charge is -2.57. The SMILES string of the molecule is CC(C)(C)c1ccc(-c2ccc(N3c4ccc(-c5ccc(C(C)(C)C)cc5)cc4B4c5ccc(N6C7CC8CC(C7)CC6C8)cc5N(c5ccc(-c6ccccc6)cc5)c5cc(-n6c7ccccc7c7ccccc76)cc3c54)cc2)cc1. The molecule has 11 aromatic rings. The van der Waals surface area contributed by atoms with Crippen molar-refractivity contribution < 1.29 is 0 Å². The summed E-state index contributed by atoms with van der Waals surface area (Å²) in [5.74, 6) is 1.75. The summed E-state index contributed by atoms with van der Waals surface area (Å²) in [6, 6.07) is 87.4. The molecule has 5 heterocycles. The Labute approximate surface area is 484 Å². The number of benzene rings is 10. The van der Waals surface area contributed by atoms with E-state index < -0.39 is 0 Å². The summed E-state index contributed by atoms with van der Waals surface area (Å²) in [5, 5.41) is 2.51. The monoisotopic (exact) mass is 1060 g/mol. The fraction of sp³-hybridized carbons (Fsp3) is 0.221. The van der Waals surface area contributed by atoms with E-state index >= 15 is 0 Å². The van der Waals surface area contributed by atoms with Crippen molar-refractivity contribution in [3.63, 3.8) is 0 Å². The first-order valence-corrected chi connectivity index (χ1v) is 30.2. The summed E-state index contributed by atoms with van der Waals surface area (Å²) in [4.78, 5) is 8.13. The van der Waals surface area contributed by atoms with Crippen LogP contribution in [-0.4, -0.2) is 23.4 Å². The second-order valence-corrected chi connectivity index (χ2v) is 26.6. The smallest absolute Gasteiger partial charge is 0.252 e. The summed E-state index contributed by atoms with van der Waals surface area (Å²) < 4.78 is 2.53. The van der Waals surface area contributed by atoms with Gasteiger partial charge in [0.1, 0.15) is 0 Å². The minimum Gasteiger partial charge on any atom is -0.365 e. The molecule has 10 aromatic carbocycles. The van der Waals surface area contributed by atoms with Gasteiger partial charge in [0.25, 0.3) is 6.71 Å². The van der Waals surface area contributed by atoms with Gasteiger partial charge in [-0.1, -0.05) is 199 Å². The van der Waals surface area contributed by atoms with E-state index in [4.69, 9.17) is 0 Å². The van der Waals surface area contributed by atoms with Crippen molar-refractivity contribution in [3.05, 3.63) is 236 Å². The van der Waals surface area contributed by atoms with Crippen LogP contribution in [0.4, 0.5) is 39.8 Å². The van der Waals surface area contributed by atoms with Crippen LogP contribution in [0.15, 0.2) is 224 Å². The Hall–Kier alpha value is -8.54. The first-order valence-electron chi connectivity index (χ1n) is 30.2. The summed E-state index contributed by atoms with van der Waals surface area (Å²) in [6.45, 7) is 13.7. The molecule has 4 bridgehead atoms. The number of rotatable bonds is 7. The molecule has 4 fully saturated rings. The highest BCUT2D eigenvalue weighted by atomic mass is 15.2. The first kappa shape index (κ1) is 49.3. The van der Waals surface area contributed by atoms with E-state index in [0.29, 0.717) is 12.1 Å². The summed E-state index contributed by atoms with van der Waals surface area (Å²) in [7, 11) is 0. The van der Waals surface area contributed by atoms with Gasteiger partial charge in [-0.15, -0.1) is 0 Å². The van der Waals surface area contributed by atoms with Crippen molar-refractivity contribution in [2.45, 2.75) is 96.6 Å². The van der Waals surface area contributed by atoms with Crippen LogP contribution < -0.4 is 31.1 Å². The standard InChI is InChI=1S/C77H69BN4/c1-76(2,3)57-29-20-52(21-30-57)54-26-33-59(34-27-54)80-71-39-28-56(55-22-31-58(32-23-55)77(4,5)6)45-68(71)78-67-38-37-61(79-62-41-49-40-50(43-62)44-63(79)42-49)46-72(67)81(60-35-24-53(25-36-60)51-14-8-7-9-15-51)74-48-64(47-73(80)75(74)78)82-69-18-12-10-16-65(69)66-17-11-13-19-70(66)82/h7-39,45-50,62-63H,40-44H2,1-6H3. The summed E-state index contributed by atoms with van der Waals surface area (Å²) in [6.07, 6.45) is 6.71. The number of nitrogens with zero attached hydrogens (tertiary/aromatic N) is 4. The minimum atomic E-state index is -0.0600. The lowest BCUT2D eigenvalue weighted by atomic mass is 9.33. The molecule has 0 N–H and O–H groups in total. The number of hydrogen-bond donors (Lipinski definition) is 0. The molecule has 2 saturated carbocycles. The van der Waals surface area contributed by atoms with Crippen LogP contribution in [-0.2, 0) is 10.8 Å². The number of anilines is 7. The zero-order valence-electron chi connectivity index (χ0n) is 48.1. The average Bonchev–Trinajstić information content (AvgIpc) is 1.15. The van der Waals surface area contributed by atoms with E-state index in [1.54, 1.807) is 0 Å². The largest absolute Gasteiger partial charge is 0.365 e. The number of fused-ring (bicyclic) bond motifs is 7. The molecular weight excluding hydrogens is 992 g/mol. The van der Waals surface area contributed by atoms with Gasteiger partial charge in [0.2, 0.25) is 0 Å². The van der Waals surface area contributed by atoms with Gasteiger partial charge in [0, 0.05) is 62.7 Å². The predicted octanol–water partition coefficient (Wildman–Crippen LogP) is 18.2. The zero-order valence-corrected chi connectivity index (χ0v) is 48.1. The van der Waals surface area contributed by atoms with Crippen LogP contribution >= 0.6 is 0 Å². The van der Waals surface area contributed by atoms with E-state index in [0.717, 1.165) is 28.9 Å². The lowest BCUT2D eigenvalue weighted by Crippen LogP contribution is -2.61. The molecule has 0 spiro atoms. The first-order chi connectivity index (χ1) is 39.9. The maximum absolute atomic E-state index is 2.89. The van der Waals surface area contributed by atoms with Crippen molar-refractivity contribution in [1.82, 2.24) is 4.57 Å². The molecule has 6 aliphatic rings. The van der Waals surface area contributed by atoms with Crippen LogP contribution in [0.5, 0.6) is 0 Å². The maximum Gasteiger partial charge on any atom is 0.252 e. The van der Waals surface area contributed by atoms with Crippen molar-refractivity contribution >= 4 is 84.7 Å². The van der Waals surface area contributed by atoms with Crippen molar-refractivity contribution in [2.24, 2.45) is 11.8 Å². The molecule has 17 rings (SSSR count). The molecule has 0 amide bonds. The van der Waals surface area contributed by atoms with Crippen LogP contribution in [0.3, 0.4) is 0 Å². The second kappa shape index (κ2) is 18.5. The predicted molar refractivity (Wildman–Crippen MR) is 349 cm³/mol. The van der Waals surface area contributed by atoms with Gasteiger partial charge in [0.15, 0.2) is 0 Å². The topological polar surface area (TPSA) is 14.7 Å². The Kier molecular flexibility index (Phi) is 11.1. The number of piperidine rings is 2. The Bertz CT molecular complexity index is 4210. The molecule has 1 aromatic heterocycles. The Morgan fingerprint density at radius 3 is 1.29 bits per heavy atom. The Morgan fingerprint density at radius 1 is 0.341 bits per heavy atom. The third kappa shape index (κ3) is 7.94. The zero-order chi connectivity index (χ0) is 55.2. The third-order valence-corrected chi connectivity index (χ3v) is 19.6. The molecule has 4 nitrogen and oxygen atoms in total. The van der Waals surface area contributed by atoms with Gasteiger partial charge in [-0.25, -0.2) is 0 Å². The fourth-order valence-corrected chi connectivity index (χ4v) is 15.7. The molecule has 4 aliphatic heterocycles. The summed E-state index contributed by atoms with van der Waals surface area (Å²) >= 11 is 0. The van der Waals surface area contributed by atoms with Crippen molar-refractivity contribution in [3.8, 4) is 39.1 Å². The van der Waals surface area contributed by atoms with Gasteiger partial charge in [-0.2, -0.15) is 0 Å². The molecular formula is C77H69BN4. The quantitative estimate of drug-likeness (QED) is 0.148. The average molecular weight is 1060 g/mol. The minimum absolute atomic E-state index is 0.0597. The van der Waals surface area contributed by atoms with Crippen LogP contribution in [0, 0.1) is 11.8 Å². The number of aromatic nitrogens is 1.